The number of rotatable bonds is 7. The first kappa shape index (κ1) is 16.9. The number of nitrogens with one attached hydrogen (secondary N) is 1. The number of ether oxygens (including phenoxy) is 1. The van der Waals surface area contributed by atoms with Gasteiger partial charge in [-0.2, -0.15) is 0 Å². The third kappa shape index (κ3) is 4.78. The highest BCUT2D eigenvalue weighted by Gasteiger charge is 2.08. The third-order valence-electron chi connectivity index (χ3n) is 3.81. The van der Waals surface area contributed by atoms with E-state index in [1.807, 2.05) is 54.6 Å². The Morgan fingerprint density at radius 1 is 1.04 bits per heavy atom. The molecular formula is C20H21N3O2. The molecule has 0 aliphatic rings. The molecule has 3 rings (SSSR count). The van der Waals surface area contributed by atoms with E-state index in [9.17, 15) is 4.79 Å². The average molecular weight is 335 g/mol. The minimum Gasteiger partial charge on any atom is -0.489 e. The molecule has 0 saturated heterocycles. The lowest BCUT2D eigenvalue weighted by atomic mass is 10.1. The first-order valence-corrected chi connectivity index (χ1v) is 8.28. The number of para-hydroxylation sites is 1. The molecule has 0 saturated carbocycles. The van der Waals surface area contributed by atoms with Crippen molar-refractivity contribution in [1.82, 2.24) is 9.97 Å². The van der Waals surface area contributed by atoms with Gasteiger partial charge in [-0.25, -0.2) is 4.98 Å². The predicted molar refractivity (Wildman–Crippen MR) is 97.6 cm³/mol. The number of nitrogens with two attached hydrogens (primary N) is 1. The molecule has 0 aliphatic heterocycles. The van der Waals surface area contributed by atoms with Crippen LogP contribution < -0.4 is 16.0 Å². The van der Waals surface area contributed by atoms with Gasteiger partial charge in [0.25, 0.3) is 5.56 Å². The van der Waals surface area contributed by atoms with E-state index in [2.05, 4.69) is 9.97 Å². The SMILES string of the molecule is NCCc1cc(=O)[nH]c(Cc2ccccc2OCc2ccccc2)n1. The normalized spacial score (nSPS) is 10.6. The summed E-state index contributed by atoms with van der Waals surface area (Å²) in [6.07, 6.45) is 1.09. The quantitative estimate of drug-likeness (QED) is 0.695. The maximum atomic E-state index is 11.8. The van der Waals surface area contributed by atoms with E-state index >= 15 is 0 Å². The van der Waals surface area contributed by atoms with Crippen molar-refractivity contribution in [3.63, 3.8) is 0 Å². The number of H-pyrrole nitrogens is 1. The molecule has 5 heteroatoms. The molecule has 1 heterocycles. The highest BCUT2D eigenvalue weighted by atomic mass is 16.5. The minimum absolute atomic E-state index is 0.156. The van der Waals surface area contributed by atoms with Gasteiger partial charge in [0, 0.05) is 30.2 Å². The topological polar surface area (TPSA) is 81.0 Å². The third-order valence-corrected chi connectivity index (χ3v) is 3.81. The van der Waals surface area contributed by atoms with E-state index in [1.54, 1.807) is 0 Å². The van der Waals surface area contributed by atoms with E-state index in [4.69, 9.17) is 10.5 Å². The number of nitrogens with zero attached hydrogens (tertiary/aromatic N) is 1. The smallest absolute Gasteiger partial charge is 0.251 e. The summed E-state index contributed by atoms with van der Waals surface area (Å²) in [5.41, 5.74) is 8.20. The van der Waals surface area contributed by atoms with Crippen LogP contribution in [0.4, 0.5) is 0 Å². The molecule has 0 amide bonds. The Kier molecular flexibility index (Phi) is 5.59. The van der Waals surface area contributed by atoms with Gasteiger partial charge in [-0.1, -0.05) is 48.5 Å². The van der Waals surface area contributed by atoms with Crippen molar-refractivity contribution in [3.8, 4) is 5.75 Å². The lowest BCUT2D eigenvalue weighted by Gasteiger charge is -2.11. The first-order chi connectivity index (χ1) is 12.2. The van der Waals surface area contributed by atoms with Crippen LogP contribution in [0.3, 0.4) is 0 Å². The Morgan fingerprint density at radius 2 is 1.80 bits per heavy atom. The molecular weight excluding hydrogens is 314 g/mol. The van der Waals surface area contributed by atoms with Crippen molar-refractivity contribution in [3.05, 3.63) is 93.7 Å². The van der Waals surface area contributed by atoms with Crippen LogP contribution in [0.25, 0.3) is 0 Å². The molecule has 0 unspecified atom stereocenters. The van der Waals surface area contributed by atoms with Gasteiger partial charge in [-0.15, -0.1) is 0 Å². The molecule has 25 heavy (non-hydrogen) atoms. The zero-order valence-corrected chi connectivity index (χ0v) is 13.9. The summed E-state index contributed by atoms with van der Waals surface area (Å²) >= 11 is 0. The molecule has 0 bridgehead atoms. The van der Waals surface area contributed by atoms with Crippen LogP contribution in [0.5, 0.6) is 5.75 Å². The van der Waals surface area contributed by atoms with Gasteiger partial charge in [0.2, 0.25) is 0 Å². The standard InChI is InChI=1S/C20H21N3O2/c21-11-10-17-13-20(24)23-19(22-17)12-16-8-4-5-9-18(16)25-14-15-6-2-1-3-7-15/h1-9,13H,10-12,14,21H2,(H,22,23,24). The fourth-order valence-electron chi connectivity index (χ4n) is 2.63. The number of benzene rings is 2. The fraction of sp³-hybridized carbons (Fsp3) is 0.200. The highest BCUT2D eigenvalue weighted by Crippen LogP contribution is 2.21. The Balaban J connectivity index is 1.78. The van der Waals surface area contributed by atoms with E-state index in [1.165, 1.54) is 6.07 Å². The summed E-state index contributed by atoms with van der Waals surface area (Å²) < 4.78 is 5.96. The van der Waals surface area contributed by atoms with Crippen LogP contribution in [0.2, 0.25) is 0 Å². The van der Waals surface area contributed by atoms with E-state index in [0.717, 1.165) is 16.9 Å². The van der Waals surface area contributed by atoms with E-state index < -0.39 is 0 Å². The van der Waals surface area contributed by atoms with Gasteiger partial charge in [-0.3, -0.25) is 4.79 Å². The fourth-order valence-corrected chi connectivity index (χ4v) is 2.63. The molecule has 0 spiro atoms. The number of hydrogen-bond donors (Lipinski definition) is 2. The second-order valence-electron chi connectivity index (χ2n) is 5.78. The molecule has 0 atom stereocenters. The van der Waals surface area contributed by atoms with Gasteiger partial charge < -0.3 is 15.5 Å². The van der Waals surface area contributed by atoms with Crippen molar-refractivity contribution < 1.29 is 4.74 Å². The van der Waals surface area contributed by atoms with Crippen molar-refractivity contribution in [2.45, 2.75) is 19.4 Å². The van der Waals surface area contributed by atoms with Crippen molar-refractivity contribution in [2.75, 3.05) is 6.54 Å². The Bertz CT molecular complexity index is 875. The van der Waals surface area contributed by atoms with Crippen molar-refractivity contribution in [1.29, 1.82) is 0 Å². The summed E-state index contributed by atoms with van der Waals surface area (Å²) in [6, 6.07) is 19.3. The van der Waals surface area contributed by atoms with Crippen LogP contribution in [-0.2, 0) is 19.4 Å². The van der Waals surface area contributed by atoms with Gasteiger partial charge >= 0.3 is 0 Å². The monoisotopic (exact) mass is 335 g/mol. The second kappa shape index (κ2) is 8.26. The molecule has 1 aromatic heterocycles. The molecule has 2 aromatic carbocycles. The molecule has 3 N–H and O–H groups in total. The Hall–Kier alpha value is -2.92. The molecule has 5 nitrogen and oxygen atoms in total. The highest BCUT2D eigenvalue weighted by molar-refractivity contribution is 5.35. The summed E-state index contributed by atoms with van der Waals surface area (Å²) in [4.78, 5) is 19.1. The van der Waals surface area contributed by atoms with Gasteiger partial charge in [0.15, 0.2) is 0 Å². The lowest BCUT2D eigenvalue weighted by Crippen LogP contribution is -2.15. The van der Waals surface area contributed by atoms with Gasteiger partial charge in [-0.05, 0) is 18.2 Å². The Morgan fingerprint density at radius 3 is 2.60 bits per heavy atom. The predicted octanol–water partition coefficient (Wildman–Crippen LogP) is 2.44. The van der Waals surface area contributed by atoms with Crippen LogP contribution in [0.1, 0.15) is 22.6 Å². The molecule has 128 valence electrons. The van der Waals surface area contributed by atoms with E-state index in [-0.39, 0.29) is 5.56 Å². The number of aromatic amines is 1. The lowest BCUT2D eigenvalue weighted by molar-refractivity contribution is 0.303. The first-order valence-electron chi connectivity index (χ1n) is 8.28. The Labute approximate surface area is 146 Å². The van der Waals surface area contributed by atoms with Crippen LogP contribution in [0, 0.1) is 0 Å². The summed E-state index contributed by atoms with van der Waals surface area (Å²) in [7, 11) is 0. The number of aromatic nitrogens is 2. The number of hydrogen-bond acceptors (Lipinski definition) is 4. The van der Waals surface area contributed by atoms with E-state index in [0.29, 0.717) is 37.5 Å². The minimum atomic E-state index is -0.156. The van der Waals surface area contributed by atoms with Crippen molar-refractivity contribution in [2.24, 2.45) is 5.73 Å². The zero-order chi connectivity index (χ0) is 17.5. The van der Waals surface area contributed by atoms with Crippen molar-refractivity contribution >= 4 is 0 Å². The maximum Gasteiger partial charge on any atom is 0.251 e. The maximum absolute atomic E-state index is 11.8. The second-order valence-corrected chi connectivity index (χ2v) is 5.78. The van der Waals surface area contributed by atoms with Crippen LogP contribution in [0.15, 0.2) is 65.5 Å². The van der Waals surface area contributed by atoms with Gasteiger partial charge in [0.1, 0.15) is 18.2 Å². The molecule has 0 aliphatic carbocycles. The largest absolute Gasteiger partial charge is 0.489 e. The van der Waals surface area contributed by atoms with Crippen LogP contribution >= 0.6 is 0 Å². The molecule has 0 fully saturated rings. The summed E-state index contributed by atoms with van der Waals surface area (Å²) in [5.74, 6) is 1.41. The van der Waals surface area contributed by atoms with Gasteiger partial charge in [0.05, 0.1) is 0 Å². The zero-order valence-electron chi connectivity index (χ0n) is 13.9. The average Bonchev–Trinajstić information content (AvgIpc) is 2.62. The summed E-state index contributed by atoms with van der Waals surface area (Å²) in [6.45, 7) is 0.960. The summed E-state index contributed by atoms with van der Waals surface area (Å²) in [5, 5.41) is 0. The molecule has 3 aromatic rings. The van der Waals surface area contributed by atoms with Crippen LogP contribution in [-0.4, -0.2) is 16.5 Å². The molecule has 0 radical (unpaired) electrons.